The van der Waals surface area contributed by atoms with Gasteiger partial charge in [0.05, 0.1) is 24.7 Å². The highest BCUT2D eigenvalue weighted by Crippen LogP contribution is 2.13. The molecular weight excluding hydrogens is 294 g/mol. The summed E-state index contributed by atoms with van der Waals surface area (Å²) in [4.78, 5) is 36.3. The first-order valence-corrected chi connectivity index (χ1v) is 7.98. The van der Waals surface area contributed by atoms with Gasteiger partial charge in [0.15, 0.2) is 0 Å². The van der Waals surface area contributed by atoms with Gasteiger partial charge in [0.25, 0.3) is 0 Å². The van der Waals surface area contributed by atoms with Gasteiger partial charge in [-0.1, -0.05) is 13.8 Å². The van der Waals surface area contributed by atoms with Crippen LogP contribution in [-0.2, 0) is 16.1 Å². The van der Waals surface area contributed by atoms with E-state index in [9.17, 15) is 9.59 Å². The molecule has 1 fully saturated rings. The SMILES string of the molecule is CC(C)CN1CCNC(=O)[C@@H]1CC(=O)N(C)Cc1ccncn1. The summed E-state index contributed by atoms with van der Waals surface area (Å²) in [6, 6.07) is 1.40. The first-order valence-electron chi connectivity index (χ1n) is 7.98. The van der Waals surface area contributed by atoms with E-state index in [1.165, 1.54) is 6.33 Å². The molecule has 1 aliphatic rings. The fraction of sp³-hybridized carbons (Fsp3) is 0.625. The van der Waals surface area contributed by atoms with Crippen molar-refractivity contribution in [1.29, 1.82) is 0 Å². The van der Waals surface area contributed by atoms with E-state index in [1.807, 2.05) is 0 Å². The number of nitrogens with zero attached hydrogens (tertiary/aromatic N) is 4. The van der Waals surface area contributed by atoms with E-state index in [0.29, 0.717) is 19.0 Å². The van der Waals surface area contributed by atoms with E-state index < -0.39 is 0 Å². The van der Waals surface area contributed by atoms with Crippen molar-refractivity contribution in [2.24, 2.45) is 5.92 Å². The lowest BCUT2D eigenvalue weighted by Gasteiger charge is -2.36. The zero-order chi connectivity index (χ0) is 16.8. The molecule has 126 valence electrons. The van der Waals surface area contributed by atoms with Crippen molar-refractivity contribution < 1.29 is 9.59 Å². The summed E-state index contributed by atoms with van der Waals surface area (Å²) in [6.07, 6.45) is 3.31. The van der Waals surface area contributed by atoms with Crippen molar-refractivity contribution >= 4 is 11.8 Å². The fourth-order valence-electron chi connectivity index (χ4n) is 2.74. The molecule has 1 aromatic heterocycles. The lowest BCUT2D eigenvalue weighted by molar-refractivity contribution is -0.138. The molecule has 1 N–H and O–H groups in total. The fourth-order valence-corrected chi connectivity index (χ4v) is 2.74. The molecule has 2 rings (SSSR count). The van der Waals surface area contributed by atoms with Crippen LogP contribution in [0.4, 0.5) is 0 Å². The molecule has 23 heavy (non-hydrogen) atoms. The van der Waals surface area contributed by atoms with Gasteiger partial charge in [0, 0.05) is 32.9 Å². The molecule has 0 aliphatic carbocycles. The Balaban J connectivity index is 1.96. The quantitative estimate of drug-likeness (QED) is 0.815. The number of hydrogen-bond acceptors (Lipinski definition) is 5. The average Bonchev–Trinajstić information content (AvgIpc) is 2.51. The van der Waals surface area contributed by atoms with Crippen molar-refractivity contribution in [2.45, 2.75) is 32.9 Å². The maximum Gasteiger partial charge on any atom is 0.237 e. The van der Waals surface area contributed by atoms with Gasteiger partial charge in [-0.3, -0.25) is 14.5 Å². The Morgan fingerprint density at radius 3 is 2.96 bits per heavy atom. The molecule has 0 radical (unpaired) electrons. The Bertz CT molecular complexity index is 535. The van der Waals surface area contributed by atoms with Gasteiger partial charge in [-0.2, -0.15) is 0 Å². The van der Waals surface area contributed by atoms with Crippen molar-refractivity contribution in [1.82, 2.24) is 25.1 Å². The van der Waals surface area contributed by atoms with Crippen molar-refractivity contribution in [2.75, 3.05) is 26.7 Å². The molecule has 1 atom stereocenters. The zero-order valence-electron chi connectivity index (χ0n) is 14.0. The van der Waals surface area contributed by atoms with Crippen molar-refractivity contribution in [3.8, 4) is 0 Å². The molecule has 0 spiro atoms. The number of hydrogen-bond donors (Lipinski definition) is 1. The number of carbonyl (C=O) groups excluding carboxylic acids is 2. The molecule has 0 bridgehead atoms. The molecule has 7 nitrogen and oxygen atoms in total. The second kappa shape index (κ2) is 8.01. The van der Waals surface area contributed by atoms with Gasteiger partial charge < -0.3 is 10.2 Å². The van der Waals surface area contributed by atoms with E-state index in [1.54, 1.807) is 24.2 Å². The van der Waals surface area contributed by atoms with Crippen LogP contribution in [0.3, 0.4) is 0 Å². The molecule has 7 heteroatoms. The summed E-state index contributed by atoms with van der Waals surface area (Å²) in [7, 11) is 1.73. The van der Waals surface area contributed by atoms with E-state index in [4.69, 9.17) is 0 Å². The molecule has 2 amide bonds. The number of rotatable bonds is 6. The molecule has 1 saturated heterocycles. The Kier molecular flexibility index (Phi) is 6.04. The third-order valence-electron chi connectivity index (χ3n) is 3.88. The summed E-state index contributed by atoms with van der Waals surface area (Å²) in [6.45, 7) is 6.91. The normalized spacial score (nSPS) is 18.8. The second-order valence-corrected chi connectivity index (χ2v) is 6.35. The van der Waals surface area contributed by atoms with Crippen LogP contribution < -0.4 is 5.32 Å². The van der Waals surface area contributed by atoms with Gasteiger partial charge in [-0.05, 0) is 12.0 Å². The molecule has 1 aromatic rings. The van der Waals surface area contributed by atoms with Crippen molar-refractivity contribution in [3.05, 3.63) is 24.3 Å². The van der Waals surface area contributed by atoms with Gasteiger partial charge in [0.2, 0.25) is 11.8 Å². The predicted molar refractivity (Wildman–Crippen MR) is 86.3 cm³/mol. The lowest BCUT2D eigenvalue weighted by atomic mass is 10.1. The van der Waals surface area contributed by atoms with E-state index in [0.717, 1.165) is 18.8 Å². The molecular formula is C16H25N5O2. The Hall–Kier alpha value is -2.02. The minimum atomic E-state index is -0.383. The first-order chi connectivity index (χ1) is 11.0. The highest BCUT2D eigenvalue weighted by Gasteiger charge is 2.32. The van der Waals surface area contributed by atoms with Gasteiger partial charge in [-0.25, -0.2) is 9.97 Å². The number of nitrogens with one attached hydrogen (secondary N) is 1. The molecule has 0 saturated carbocycles. The van der Waals surface area contributed by atoms with Crippen LogP contribution in [-0.4, -0.2) is 64.3 Å². The molecule has 1 aliphatic heterocycles. The maximum absolute atomic E-state index is 12.5. The standard InChI is InChI=1S/C16H25N5O2/c1-12(2)9-21-7-6-18-16(23)14(21)8-15(22)20(3)10-13-4-5-17-11-19-13/h4-5,11-12,14H,6-10H2,1-3H3,(H,18,23)/t14-/m0/s1. The molecule has 2 heterocycles. The van der Waals surface area contributed by atoms with E-state index >= 15 is 0 Å². The number of carbonyl (C=O) groups is 2. The van der Waals surface area contributed by atoms with Crippen LogP contribution in [0.25, 0.3) is 0 Å². The largest absolute Gasteiger partial charge is 0.353 e. The Labute approximate surface area is 137 Å². The number of aromatic nitrogens is 2. The summed E-state index contributed by atoms with van der Waals surface area (Å²) in [5, 5.41) is 2.86. The lowest BCUT2D eigenvalue weighted by Crippen LogP contribution is -2.57. The van der Waals surface area contributed by atoms with Crippen LogP contribution in [0.2, 0.25) is 0 Å². The van der Waals surface area contributed by atoms with Gasteiger partial charge >= 0.3 is 0 Å². The minimum Gasteiger partial charge on any atom is -0.353 e. The van der Waals surface area contributed by atoms with E-state index in [2.05, 4.69) is 34.0 Å². The molecule has 0 unspecified atom stereocenters. The van der Waals surface area contributed by atoms with Crippen LogP contribution in [0, 0.1) is 5.92 Å². The number of amides is 2. The number of piperazine rings is 1. The summed E-state index contributed by atoms with van der Waals surface area (Å²) < 4.78 is 0. The topological polar surface area (TPSA) is 78.4 Å². The second-order valence-electron chi connectivity index (χ2n) is 6.35. The Morgan fingerprint density at radius 1 is 1.52 bits per heavy atom. The van der Waals surface area contributed by atoms with Crippen LogP contribution in [0.1, 0.15) is 26.0 Å². The van der Waals surface area contributed by atoms with E-state index in [-0.39, 0.29) is 24.3 Å². The third-order valence-corrected chi connectivity index (χ3v) is 3.88. The summed E-state index contributed by atoms with van der Waals surface area (Å²) in [5.74, 6) is 0.345. The Morgan fingerprint density at radius 2 is 2.30 bits per heavy atom. The third kappa shape index (κ3) is 4.99. The first kappa shape index (κ1) is 17.3. The van der Waals surface area contributed by atoms with Crippen molar-refractivity contribution in [3.63, 3.8) is 0 Å². The smallest absolute Gasteiger partial charge is 0.237 e. The zero-order valence-corrected chi connectivity index (χ0v) is 14.0. The highest BCUT2D eigenvalue weighted by atomic mass is 16.2. The van der Waals surface area contributed by atoms with Gasteiger partial charge in [0.1, 0.15) is 6.33 Å². The van der Waals surface area contributed by atoms with Crippen LogP contribution in [0.15, 0.2) is 18.6 Å². The minimum absolute atomic E-state index is 0.0549. The van der Waals surface area contributed by atoms with Crippen LogP contribution in [0.5, 0.6) is 0 Å². The monoisotopic (exact) mass is 319 g/mol. The predicted octanol–water partition coefficient (Wildman–Crippen LogP) is 0.282. The van der Waals surface area contributed by atoms with Crippen LogP contribution >= 0.6 is 0 Å². The summed E-state index contributed by atoms with van der Waals surface area (Å²) in [5.41, 5.74) is 0.781. The highest BCUT2D eigenvalue weighted by molar-refractivity contribution is 5.88. The summed E-state index contributed by atoms with van der Waals surface area (Å²) >= 11 is 0. The average molecular weight is 319 g/mol. The maximum atomic E-state index is 12.5. The molecule has 0 aromatic carbocycles. The van der Waals surface area contributed by atoms with Gasteiger partial charge in [-0.15, -0.1) is 0 Å².